The Kier molecular flexibility index (Phi) is 5.34. The van der Waals surface area contributed by atoms with Gasteiger partial charge in [0.2, 0.25) is 17.5 Å². The Bertz CT molecular complexity index is 1230. The van der Waals surface area contributed by atoms with Crippen molar-refractivity contribution in [2.75, 3.05) is 0 Å². The van der Waals surface area contributed by atoms with Crippen LogP contribution in [0, 0.1) is 0 Å². The SMILES string of the molecule is CC1OC(Oc2c(-c3ccc(O)c(O)c3)oc3cc(O)cc(O)c3c2=O)[C@H](O)[C@H](O)C1O. The van der Waals surface area contributed by atoms with Gasteiger partial charge in [-0.2, -0.15) is 0 Å². The molecule has 11 nitrogen and oxygen atoms in total. The number of aromatic hydroxyl groups is 4. The molecule has 0 saturated carbocycles. The fourth-order valence-corrected chi connectivity index (χ4v) is 3.46. The molecule has 2 heterocycles. The van der Waals surface area contributed by atoms with Crippen LogP contribution in [-0.4, -0.2) is 66.5 Å². The van der Waals surface area contributed by atoms with Crippen molar-refractivity contribution in [2.24, 2.45) is 0 Å². The summed E-state index contributed by atoms with van der Waals surface area (Å²) in [5, 5.41) is 69.2. The lowest BCUT2D eigenvalue weighted by Gasteiger charge is -2.38. The van der Waals surface area contributed by atoms with E-state index in [4.69, 9.17) is 13.9 Å². The van der Waals surface area contributed by atoms with Crippen LogP contribution >= 0.6 is 0 Å². The molecular formula is C21H20O11. The second-order valence-electron chi connectivity index (χ2n) is 7.43. The highest BCUT2D eigenvalue weighted by Gasteiger charge is 2.44. The molecule has 3 unspecified atom stereocenters. The molecule has 1 aliphatic heterocycles. The van der Waals surface area contributed by atoms with E-state index >= 15 is 0 Å². The predicted octanol–water partition coefficient (Wildman–Crippen LogP) is 0.489. The molecule has 0 amide bonds. The van der Waals surface area contributed by atoms with Crippen LogP contribution in [-0.2, 0) is 4.74 Å². The van der Waals surface area contributed by atoms with Gasteiger partial charge in [-0.05, 0) is 25.1 Å². The number of rotatable bonds is 3. The van der Waals surface area contributed by atoms with Gasteiger partial charge in [0.25, 0.3) is 0 Å². The van der Waals surface area contributed by atoms with Crippen molar-refractivity contribution >= 4 is 11.0 Å². The maximum Gasteiger partial charge on any atom is 0.239 e. The Morgan fingerprint density at radius 2 is 1.59 bits per heavy atom. The van der Waals surface area contributed by atoms with E-state index in [1.54, 1.807) is 0 Å². The average Bonchev–Trinajstić information content (AvgIpc) is 2.73. The fraction of sp³-hybridized carbons (Fsp3) is 0.286. The predicted molar refractivity (Wildman–Crippen MR) is 108 cm³/mol. The maximum atomic E-state index is 13.2. The van der Waals surface area contributed by atoms with Crippen molar-refractivity contribution in [3.63, 3.8) is 0 Å². The van der Waals surface area contributed by atoms with E-state index in [0.717, 1.165) is 24.3 Å². The zero-order valence-electron chi connectivity index (χ0n) is 16.5. The number of phenols is 4. The number of aliphatic hydroxyl groups is 3. The smallest absolute Gasteiger partial charge is 0.239 e. The number of fused-ring (bicyclic) bond motifs is 1. The average molecular weight is 448 g/mol. The van der Waals surface area contributed by atoms with Crippen LogP contribution in [0.2, 0.25) is 0 Å². The maximum absolute atomic E-state index is 13.2. The number of benzene rings is 2. The fourth-order valence-electron chi connectivity index (χ4n) is 3.46. The Morgan fingerprint density at radius 1 is 0.875 bits per heavy atom. The molecule has 3 aromatic rings. The van der Waals surface area contributed by atoms with Crippen molar-refractivity contribution in [1.82, 2.24) is 0 Å². The molecule has 2 aromatic carbocycles. The number of hydrogen-bond donors (Lipinski definition) is 7. The summed E-state index contributed by atoms with van der Waals surface area (Å²) < 4.78 is 16.6. The quantitative estimate of drug-likeness (QED) is 0.276. The first-order chi connectivity index (χ1) is 15.1. The highest BCUT2D eigenvalue weighted by atomic mass is 16.7. The summed E-state index contributed by atoms with van der Waals surface area (Å²) in [5.41, 5.74) is -1.05. The normalized spacial score (nSPS) is 25.7. The molecule has 1 aliphatic rings. The minimum absolute atomic E-state index is 0.0658. The molecule has 170 valence electrons. The molecule has 1 fully saturated rings. The summed E-state index contributed by atoms with van der Waals surface area (Å²) in [7, 11) is 0. The lowest BCUT2D eigenvalue weighted by atomic mass is 10.00. The van der Waals surface area contributed by atoms with E-state index in [1.807, 2.05) is 0 Å². The van der Waals surface area contributed by atoms with Crippen LogP contribution in [0.4, 0.5) is 0 Å². The van der Waals surface area contributed by atoms with Gasteiger partial charge < -0.3 is 49.6 Å². The van der Waals surface area contributed by atoms with Crippen LogP contribution in [0.25, 0.3) is 22.3 Å². The van der Waals surface area contributed by atoms with Gasteiger partial charge in [0.05, 0.1) is 6.10 Å². The van der Waals surface area contributed by atoms with Crippen molar-refractivity contribution in [2.45, 2.75) is 37.6 Å². The molecule has 32 heavy (non-hydrogen) atoms. The van der Waals surface area contributed by atoms with Gasteiger partial charge in [-0.25, -0.2) is 0 Å². The third-order valence-corrected chi connectivity index (χ3v) is 5.20. The molecule has 0 bridgehead atoms. The van der Waals surface area contributed by atoms with Crippen LogP contribution < -0.4 is 10.2 Å². The summed E-state index contributed by atoms with van der Waals surface area (Å²) in [5.74, 6) is -2.80. The lowest BCUT2D eigenvalue weighted by molar-refractivity contribution is -0.268. The minimum Gasteiger partial charge on any atom is -0.508 e. The molecule has 0 radical (unpaired) electrons. The van der Waals surface area contributed by atoms with Gasteiger partial charge in [0, 0.05) is 17.7 Å². The third kappa shape index (κ3) is 3.56. The summed E-state index contributed by atoms with van der Waals surface area (Å²) in [4.78, 5) is 13.2. The van der Waals surface area contributed by atoms with Gasteiger partial charge in [-0.15, -0.1) is 0 Å². The van der Waals surface area contributed by atoms with Crippen LogP contribution in [0.5, 0.6) is 28.7 Å². The Hall–Kier alpha value is -3.51. The third-order valence-electron chi connectivity index (χ3n) is 5.20. The van der Waals surface area contributed by atoms with Gasteiger partial charge in [0.1, 0.15) is 40.8 Å². The number of ether oxygens (including phenoxy) is 2. The van der Waals surface area contributed by atoms with Gasteiger partial charge >= 0.3 is 0 Å². The van der Waals surface area contributed by atoms with Crippen molar-refractivity contribution in [1.29, 1.82) is 0 Å². The molecule has 1 saturated heterocycles. The van der Waals surface area contributed by atoms with Crippen molar-refractivity contribution < 1.29 is 49.6 Å². The highest BCUT2D eigenvalue weighted by molar-refractivity contribution is 5.88. The summed E-state index contributed by atoms with van der Waals surface area (Å²) in [6.07, 6.45) is -7.35. The summed E-state index contributed by atoms with van der Waals surface area (Å²) in [6.45, 7) is 1.42. The van der Waals surface area contributed by atoms with E-state index in [1.165, 1.54) is 13.0 Å². The van der Waals surface area contributed by atoms with E-state index in [0.29, 0.717) is 0 Å². The zero-order valence-corrected chi connectivity index (χ0v) is 16.5. The number of aliphatic hydroxyl groups excluding tert-OH is 3. The Morgan fingerprint density at radius 3 is 2.28 bits per heavy atom. The first-order valence-corrected chi connectivity index (χ1v) is 9.50. The second kappa shape index (κ2) is 7.88. The van der Waals surface area contributed by atoms with E-state index in [-0.39, 0.29) is 28.0 Å². The van der Waals surface area contributed by atoms with Crippen LogP contribution in [0.1, 0.15) is 6.92 Å². The molecule has 7 N–H and O–H groups in total. The standard InChI is InChI=1S/C21H20O11/c1-7-15(26)17(28)18(29)21(30-7)32-20-16(27)14-12(25)5-9(22)6-13(14)31-19(20)8-2-3-10(23)11(24)4-8/h2-7,15,17-18,21-26,28-29H,1H3/t7?,15?,17-,18-,21?/m1/s1. The topological polar surface area (TPSA) is 190 Å². The summed E-state index contributed by atoms with van der Waals surface area (Å²) in [6, 6.07) is 5.51. The molecular weight excluding hydrogens is 428 g/mol. The van der Waals surface area contributed by atoms with E-state index in [9.17, 15) is 40.5 Å². The van der Waals surface area contributed by atoms with Gasteiger partial charge in [0.15, 0.2) is 17.3 Å². The van der Waals surface area contributed by atoms with Crippen LogP contribution in [0.15, 0.2) is 39.5 Å². The van der Waals surface area contributed by atoms with E-state index in [2.05, 4.69) is 0 Å². The molecule has 1 aromatic heterocycles. The van der Waals surface area contributed by atoms with Gasteiger partial charge in [-0.1, -0.05) is 0 Å². The van der Waals surface area contributed by atoms with Crippen LogP contribution in [0.3, 0.4) is 0 Å². The Balaban J connectivity index is 1.92. The molecule has 4 rings (SSSR count). The minimum atomic E-state index is -1.74. The van der Waals surface area contributed by atoms with E-state index < -0.39 is 59.1 Å². The Labute approximate surface area is 179 Å². The summed E-state index contributed by atoms with van der Waals surface area (Å²) >= 11 is 0. The largest absolute Gasteiger partial charge is 0.508 e. The first-order valence-electron chi connectivity index (χ1n) is 9.50. The zero-order chi connectivity index (χ0) is 23.3. The lowest BCUT2D eigenvalue weighted by Crippen LogP contribution is -2.58. The molecule has 11 heteroatoms. The van der Waals surface area contributed by atoms with Gasteiger partial charge in [-0.3, -0.25) is 4.79 Å². The monoisotopic (exact) mass is 448 g/mol. The molecule has 0 aliphatic carbocycles. The highest BCUT2D eigenvalue weighted by Crippen LogP contribution is 2.39. The number of hydrogen-bond acceptors (Lipinski definition) is 11. The van der Waals surface area contributed by atoms with Crippen molar-refractivity contribution in [3.05, 3.63) is 40.6 Å². The molecule has 5 atom stereocenters. The first kappa shape index (κ1) is 21.7. The number of phenolic OH excluding ortho intramolecular Hbond substituents is 4. The van der Waals surface area contributed by atoms with Crippen molar-refractivity contribution in [3.8, 4) is 40.1 Å². The molecule has 0 spiro atoms. The second-order valence-corrected chi connectivity index (χ2v) is 7.43.